The molecule has 2 aliphatic heterocycles. The monoisotopic (exact) mass is 234 g/mol. The molecule has 0 aromatic carbocycles. The molecule has 0 aromatic rings. The Hall–Kier alpha value is 0.170. The molecule has 0 saturated carbocycles. The van der Waals surface area contributed by atoms with Crippen LogP contribution in [0, 0.1) is 0 Å². The van der Waals surface area contributed by atoms with Crippen LogP contribution in [0.3, 0.4) is 0 Å². The lowest BCUT2D eigenvalue weighted by atomic mass is 10.1. The molecule has 2 fully saturated rings. The molecule has 0 aromatic heterocycles. The zero-order valence-electron chi connectivity index (χ0n) is 9.48. The molecular formula is C11H23ClN2O. The molecular weight excluding hydrogens is 212 g/mol. The van der Waals surface area contributed by atoms with Crippen molar-refractivity contribution in [2.75, 3.05) is 19.6 Å². The van der Waals surface area contributed by atoms with Gasteiger partial charge in [0.25, 0.3) is 0 Å². The quantitative estimate of drug-likeness (QED) is 0.711. The Kier molecular flexibility index (Phi) is 5.33. The van der Waals surface area contributed by atoms with Gasteiger partial charge in [-0.3, -0.25) is 4.90 Å². The summed E-state index contributed by atoms with van der Waals surface area (Å²) < 4.78 is 0. The van der Waals surface area contributed by atoms with Crippen molar-refractivity contribution in [3.63, 3.8) is 0 Å². The van der Waals surface area contributed by atoms with E-state index in [1.807, 2.05) is 0 Å². The predicted molar refractivity (Wildman–Crippen MR) is 64.5 cm³/mol. The third kappa shape index (κ3) is 3.06. The van der Waals surface area contributed by atoms with Gasteiger partial charge in [-0.2, -0.15) is 0 Å². The maximum atomic E-state index is 9.85. The van der Waals surface area contributed by atoms with Crippen molar-refractivity contribution in [1.29, 1.82) is 0 Å². The van der Waals surface area contributed by atoms with E-state index in [0.717, 1.165) is 13.1 Å². The molecule has 2 rings (SSSR count). The number of halogens is 1. The Morgan fingerprint density at radius 2 is 2.00 bits per heavy atom. The van der Waals surface area contributed by atoms with E-state index < -0.39 is 0 Å². The molecule has 0 spiro atoms. The average molecular weight is 235 g/mol. The average Bonchev–Trinajstić information content (AvgIpc) is 2.46. The van der Waals surface area contributed by atoms with E-state index in [1.165, 1.54) is 32.2 Å². The van der Waals surface area contributed by atoms with Crippen LogP contribution in [-0.4, -0.2) is 47.8 Å². The topological polar surface area (TPSA) is 35.5 Å². The van der Waals surface area contributed by atoms with E-state index >= 15 is 0 Å². The van der Waals surface area contributed by atoms with Gasteiger partial charge in [0.15, 0.2) is 0 Å². The largest absolute Gasteiger partial charge is 0.390 e. The molecule has 2 N–H and O–H groups in total. The second kappa shape index (κ2) is 6.04. The highest BCUT2D eigenvalue weighted by Crippen LogP contribution is 2.21. The third-order valence-electron chi connectivity index (χ3n) is 3.68. The number of β-amino-alcohol motifs (C(OH)–C–C–N with tert-alkyl or cyclic N) is 1. The minimum Gasteiger partial charge on any atom is -0.390 e. The smallest absolute Gasteiger partial charge is 0.0831 e. The van der Waals surface area contributed by atoms with E-state index in [4.69, 9.17) is 0 Å². The lowest BCUT2D eigenvalue weighted by Gasteiger charge is -2.34. The van der Waals surface area contributed by atoms with Crippen LogP contribution >= 0.6 is 12.4 Å². The summed E-state index contributed by atoms with van der Waals surface area (Å²) in [5.41, 5.74) is 0. The predicted octanol–water partition coefficient (Wildman–Crippen LogP) is 1.01. The number of nitrogens with zero attached hydrogens (tertiary/aromatic N) is 1. The molecule has 90 valence electrons. The normalized spacial score (nSPS) is 38.4. The van der Waals surface area contributed by atoms with Gasteiger partial charge >= 0.3 is 0 Å². The SMILES string of the molecule is CC1CCCCCN1[C@@H]1CNC[C@H]1O.Cl. The van der Waals surface area contributed by atoms with Crippen LogP contribution in [0.1, 0.15) is 32.6 Å². The van der Waals surface area contributed by atoms with Gasteiger partial charge in [-0.25, -0.2) is 0 Å². The first-order chi connectivity index (χ1) is 6.79. The van der Waals surface area contributed by atoms with Gasteiger partial charge in [0.1, 0.15) is 0 Å². The van der Waals surface area contributed by atoms with Gasteiger partial charge in [0, 0.05) is 25.2 Å². The van der Waals surface area contributed by atoms with Gasteiger partial charge < -0.3 is 10.4 Å². The van der Waals surface area contributed by atoms with Crippen LogP contribution in [0.5, 0.6) is 0 Å². The number of nitrogens with one attached hydrogen (secondary N) is 1. The van der Waals surface area contributed by atoms with Gasteiger partial charge in [0.2, 0.25) is 0 Å². The maximum absolute atomic E-state index is 9.85. The van der Waals surface area contributed by atoms with Crippen molar-refractivity contribution in [2.24, 2.45) is 0 Å². The highest BCUT2D eigenvalue weighted by molar-refractivity contribution is 5.85. The fourth-order valence-corrected chi connectivity index (χ4v) is 2.78. The first kappa shape index (κ1) is 13.2. The molecule has 15 heavy (non-hydrogen) atoms. The van der Waals surface area contributed by atoms with E-state index in [2.05, 4.69) is 17.1 Å². The minimum absolute atomic E-state index is 0. The highest BCUT2D eigenvalue weighted by Gasteiger charge is 2.33. The first-order valence-corrected chi connectivity index (χ1v) is 5.93. The molecule has 2 saturated heterocycles. The molecule has 3 nitrogen and oxygen atoms in total. The Morgan fingerprint density at radius 1 is 1.20 bits per heavy atom. The summed E-state index contributed by atoms with van der Waals surface area (Å²) in [6.07, 6.45) is 5.15. The van der Waals surface area contributed by atoms with Crippen LogP contribution in [0.4, 0.5) is 0 Å². The Labute approximate surface area is 98.6 Å². The zero-order valence-corrected chi connectivity index (χ0v) is 10.3. The van der Waals surface area contributed by atoms with Crippen molar-refractivity contribution < 1.29 is 5.11 Å². The van der Waals surface area contributed by atoms with E-state index in [0.29, 0.717) is 12.1 Å². The number of hydrogen-bond donors (Lipinski definition) is 2. The Bertz CT molecular complexity index is 191. The second-order valence-electron chi connectivity index (χ2n) is 4.73. The zero-order chi connectivity index (χ0) is 9.97. The number of rotatable bonds is 1. The summed E-state index contributed by atoms with van der Waals surface area (Å²) in [7, 11) is 0. The van der Waals surface area contributed by atoms with Crippen LogP contribution in [0.15, 0.2) is 0 Å². The molecule has 1 unspecified atom stereocenters. The summed E-state index contributed by atoms with van der Waals surface area (Å²) in [6.45, 7) is 5.21. The van der Waals surface area contributed by atoms with Gasteiger partial charge in [-0.05, 0) is 26.3 Å². The Morgan fingerprint density at radius 3 is 2.67 bits per heavy atom. The van der Waals surface area contributed by atoms with E-state index in [1.54, 1.807) is 0 Å². The second-order valence-corrected chi connectivity index (χ2v) is 4.73. The number of aliphatic hydroxyl groups is 1. The molecule has 2 aliphatic rings. The summed E-state index contributed by atoms with van der Waals surface area (Å²) in [4.78, 5) is 2.51. The van der Waals surface area contributed by atoms with Crippen molar-refractivity contribution in [2.45, 2.75) is 50.8 Å². The Balaban J connectivity index is 0.00000112. The molecule has 0 bridgehead atoms. The lowest BCUT2D eigenvalue weighted by molar-refractivity contribution is 0.0605. The summed E-state index contributed by atoms with van der Waals surface area (Å²) in [5, 5.41) is 13.1. The standard InChI is InChI=1S/C11H22N2O.ClH/c1-9-5-3-2-4-6-13(9)10-7-12-8-11(10)14;/h9-12,14H,2-8H2,1H3;1H/t9?,10-,11-;/m1./s1. The minimum atomic E-state index is -0.157. The molecule has 0 aliphatic carbocycles. The fraction of sp³-hybridized carbons (Fsp3) is 1.00. The molecule has 4 heteroatoms. The molecule has 3 atom stereocenters. The van der Waals surface area contributed by atoms with Crippen LogP contribution < -0.4 is 5.32 Å². The maximum Gasteiger partial charge on any atom is 0.0831 e. The van der Waals surface area contributed by atoms with Crippen molar-refractivity contribution in [1.82, 2.24) is 10.2 Å². The number of likely N-dealkylation sites (tertiary alicyclic amines) is 1. The van der Waals surface area contributed by atoms with Gasteiger partial charge in [-0.15, -0.1) is 12.4 Å². The molecule has 0 amide bonds. The first-order valence-electron chi connectivity index (χ1n) is 5.93. The van der Waals surface area contributed by atoms with Gasteiger partial charge in [0.05, 0.1) is 6.10 Å². The number of hydrogen-bond acceptors (Lipinski definition) is 3. The fourth-order valence-electron chi connectivity index (χ4n) is 2.78. The van der Waals surface area contributed by atoms with Gasteiger partial charge in [-0.1, -0.05) is 12.8 Å². The van der Waals surface area contributed by atoms with Crippen molar-refractivity contribution in [3.05, 3.63) is 0 Å². The van der Waals surface area contributed by atoms with E-state index in [-0.39, 0.29) is 18.5 Å². The summed E-state index contributed by atoms with van der Waals surface area (Å²) in [5.74, 6) is 0. The molecule has 2 heterocycles. The lowest BCUT2D eigenvalue weighted by Crippen LogP contribution is -2.47. The number of aliphatic hydroxyl groups excluding tert-OH is 1. The van der Waals surface area contributed by atoms with Crippen molar-refractivity contribution in [3.8, 4) is 0 Å². The van der Waals surface area contributed by atoms with Crippen LogP contribution in [0.2, 0.25) is 0 Å². The summed E-state index contributed by atoms with van der Waals surface area (Å²) in [6, 6.07) is 1.01. The highest BCUT2D eigenvalue weighted by atomic mass is 35.5. The summed E-state index contributed by atoms with van der Waals surface area (Å²) >= 11 is 0. The van der Waals surface area contributed by atoms with Crippen LogP contribution in [-0.2, 0) is 0 Å². The van der Waals surface area contributed by atoms with E-state index in [9.17, 15) is 5.11 Å². The third-order valence-corrected chi connectivity index (χ3v) is 3.68. The van der Waals surface area contributed by atoms with Crippen molar-refractivity contribution >= 4 is 12.4 Å². The van der Waals surface area contributed by atoms with Crippen LogP contribution in [0.25, 0.3) is 0 Å². The molecule has 0 radical (unpaired) electrons.